The standard InChI is InChI=1S/C29H34N2O4/c1-33-25-18-26(34-2)28(27(19-25)35-3)30-29(32)31(20-21-10-6-4-7-11-21)24-16-14-23(15-17-24)22-12-8-5-9-13-22/h4-13,18-19,23-24H,14-17,20H2,1-3H3,(H,30,32). The van der Waals surface area contributed by atoms with Crippen LogP contribution >= 0.6 is 0 Å². The summed E-state index contributed by atoms with van der Waals surface area (Å²) in [5.74, 6) is 2.11. The molecule has 4 rings (SSSR count). The van der Waals surface area contributed by atoms with E-state index in [2.05, 4.69) is 47.8 Å². The van der Waals surface area contributed by atoms with Crippen molar-refractivity contribution in [3.05, 3.63) is 83.9 Å². The van der Waals surface area contributed by atoms with Crippen LogP contribution in [0.25, 0.3) is 0 Å². The molecular formula is C29H34N2O4. The highest BCUT2D eigenvalue weighted by molar-refractivity contribution is 5.93. The van der Waals surface area contributed by atoms with Gasteiger partial charge >= 0.3 is 6.03 Å². The monoisotopic (exact) mass is 474 g/mol. The molecule has 1 N–H and O–H groups in total. The number of amides is 2. The summed E-state index contributed by atoms with van der Waals surface area (Å²) in [6.45, 7) is 0.536. The van der Waals surface area contributed by atoms with Crippen molar-refractivity contribution in [3.63, 3.8) is 0 Å². The first-order valence-corrected chi connectivity index (χ1v) is 12.1. The van der Waals surface area contributed by atoms with Crippen LogP contribution in [0.15, 0.2) is 72.8 Å². The van der Waals surface area contributed by atoms with Crippen LogP contribution in [-0.4, -0.2) is 38.3 Å². The molecule has 0 bridgehead atoms. The van der Waals surface area contributed by atoms with Gasteiger partial charge in [0.2, 0.25) is 0 Å². The van der Waals surface area contributed by atoms with E-state index in [1.807, 2.05) is 23.1 Å². The van der Waals surface area contributed by atoms with Gasteiger partial charge in [-0.15, -0.1) is 0 Å². The Morgan fingerprint density at radius 1 is 0.829 bits per heavy atom. The topological polar surface area (TPSA) is 60.0 Å². The molecule has 0 saturated heterocycles. The van der Waals surface area contributed by atoms with Gasteiger partial charge in [0, 0.05) is 24.7 Å². The molecule has 0 atom stereocenters. The van der Waals surface area contributed by atoms with Crippen LogP contribution in [0, 0.1) is 0 Å². The number of anilines is 1. The third-order valence-electron chi connectivity index (χ3n) is 6.81. The second kappa shape index (κ2) is 11.6. The lowest BCUT2D eigenvalue weighted by Crippen LogP contribution is -2.44. The summed E-state index contributed by atoms with van der Waals surface area (Å²) in [4.78, 5) is 15.7. The molecule has 1 saturated carbocycles. The first-order valence-electron chi connectivity index (χ1n) is 12.1. The fourth-order valence-corrected chi connectivity index (χ4v) is 4.90. The molecule has 0 aromatic heterocycles. The van der Waals surface area contributed by atoms with E-state index in [1.165, 1.54) is 5.56 Å². The lowest BCUT2D eigenvalue weighted by Gasteiger charge is -2.37. The van der Waals surface area contributed by atoms with E-state index >= 15 is 0 Å². The number of benzene rings is 3. The number of nitrogens with zero attached hydrogens (tertiary/aromatic N) is 1. The summed E-state index contributed by atoms with van der Waals surface area (Å²) in [6, 6.07) is 24.3. The van der Waals surface area contributed by atoms with Crippen LogP contribution in [0.5, 0.6) is 17.2 Å². The Hall–Kier alpha value is -3.67. The number of urea groups is 1. The van der Waals surface area contributed by atoms with E-state index in [0.29, 0.717) is 35.4 Å². The molecule has 3 aromatic carbocycles. The van der Waals surface area contributed by atoms with Gasteiger partial charge in [-0.2, -0.15) is 0 Å². The smallest absolute Gasteiger partial charge is 0.322 e. The van der Waals surface area contributed by atoms with Crippen molar-refractivity contribution in [2.24, 2.45) is 0 Å². The Balaban J connectivity index is 1.56. The van der Waals surface area contributed by atoms with Crippen LogP contribution in [0.3, 0.4) is 0 Å². The Morgan fingerprint density at radius 2 is 1.40 bits per heavy atom. The Kier molecular flexibility index (Phi) is 8.14. The normalized spacial score (nSPS) is 17.3. The maximum Gasteiger partial charge on any atom is 0.322 e. The minimum Gasteiger partial charge on any atom is -0.496 e. The highest BCUT2D eigenvalue weighted by Crippen LogP contribution is 2.40. The molecule has 0 aliphatic heterocycles. The SMILES string of the molecule is COc1cc(OC)c(NC(=O)N(Cc2ccccc2)C2CCC(c3ccccc3)CC2)c(OC)c1. The lowest BCUT2D eigenvalue weighted by molar-refractivity contribution is 0.158. The van der Waals surface area contributed by atoms with E-state index in [-0.39, 0.29) is 12.1 Å². The van der Waals surface area contributed by atoms with Crippen LogP contribution in [0.2, 0.25) is 0 Å². The van der Waals surface area contributed by atoms with Gasteiger partial charge in [0.15, 0.2) is 0 Å². The molecule has 0 spiro atoms. The number of ether oxygens (including phenoxy) is 3. The third kappa shape index (κ3) is 5.88. The first kappa shape index (κ1) is 24.5. The Bertz CT molecular complexity index is 1070. The van der Waals surface area contributed by atoms with Gasteiger partial charge in [0.05, 0.1) is 21.3 Å². The number of carbonyl (C=O) groups excluding carboxylic acids is 1. The second-order valence-electron chi connectivity index (χ2n) is 8.87. The molecule has 2 amide bonds. The minimum atomic E-state index is -0.168. The molecule has 184 valence electrons. The van der Waals surface area contributed by atoms with Crippen molar-refractivity contribution in [1.29, 1.82) is 0 Å². The fourth-order valence-electron chi connectivity index (χ4n) is 4.90. The molecular weight excluding hydrogens is 440 g/mol. The summed E-state index contributed by atoms with van der Waals surface area (Å²) in [7, 11) is 4.72. The highest BCUT2D eigenvalue weighted by atomic mass is 16.5. The third-order valence-corrected chi connectivity index (χ3v) is 6.81. The molecule has 3 aromatic rings. The maximum atomic E-state index is 13.7. The number of nitrogens with one attached hydrogen (secondary N) is 1. The molecule has 1 fully saturated rings. The van der Waals surface area contributed by atoms with Crippen LogP contribution < -0.4 is 19.5 Å². The van der Waals surface area contributed by atoms with Crippen LogP contribution in [0.1, 0.15) is 42.7 Å². The quantitative estimate of drug-likeness (QED) is 0.406. The molecule has 6 heteroatoms. The first-order chi connectivity index (χ1) is 17.1. The predicted molar refractivity (Wildman–Crippen MR) is 139 cm³/mol. The van der Waals surface area contributed by atoms with Gasteiger partial charge in [0.1, 0.15) is 22.9 Å². The van der Waals surface area contributed by atoms with Crippen molar-refractivity contribution in [1.82, 2.24) is 4.90 Å². The largest absolute Gasteiger partial charge is 0.496 e. The van der Waals surface area contributed by atoms with Crippen LogP contribution in [0.4, 0.5) is 10.5 Å². The summed E-state index contributed by atoms with van der Waals surface area (Å²) in [6.07, 6.45) is 4.03. The fraction of sp³-hybridized carbons (Fsp3) is 0.345. The second-order valence-corrected chi connectivity index (χ2v) is 8.87. The number of rotatable bonds is 8. The summed E-state index contributed by atoms with van der Waals surface area (Å²) >= 11 is 0. The molecule has 0 heterocycles. The van der Waals surface area contributed by atoms with Gasteiger partial charge in [-0.1, -0.05) is 60.7 Å². The average Bonchev–Trinajstić information content (AvgIpc) is 2.92. The maximum absolute atomic E-state index is 13.7. The van der Waals surface area contributed by atoms with Crippen molar-refractivity contribution >= 4 is 11.7 Å². The van der Waals surface area contributed by atoms with Gasteiger partial charge in [-0.25, -0.2) is 4.79 Å². The van der Waals surface area contributed by atoms with Crippen molar-refractivity contribution in [2.45, 2.75) is 44.2 Å². The van der Waals surface area contributed by atoms with E-state index in [1.54, 1.807) is 33.5 Å². The minimum absolute atomic E-state index is 0.144. The van der Waals surface area contributed by atoms with Gasteiger partial charge in [-0.05, 0) is 42.7 Å². The average molecular weight is 475 g/mol. The predicted octanol–water partition coefficient (Wildman–Crippen LogP) is 6.47. The van der Waals surface area contributed by atoms with E-state index < -0.39 is 0 Å². The number of methoxy groups -OCH3 is 3. The number of carbonyl (C=O) groups is 1. The lowest BCUT2D eigenvalue weighted by atomic mass is 9.81. The Morgan fingerprint density at radius 3 is 1.94 bits per heavy atom. The summed E-state index contributed by atoms with van der Waals surface area (Å²) in [5.41, 5.74) is 2.98. The Labute approximate surface area is 207 Å². The number of hydrogen-bond acceptors (Lipinski definition) is 4. The molecule has 1 aliphatic rings. The zero-order chi connectivity index (χ0) is 24.6. The number of hydrogen-bond donors (Lipinski definition) is 1. The van der Waals surface area contributed by atoms with Gasteiger partial charge in [-0.3, -0.25) is 0 Å². The van der Waals surface area contributed by atoms with E-state index in [4.69, 9.17) is 14.2 Å². The molecule has 0 unspecified atom stereocenters. The highest BCUT2D eigenvalue weighted by Gasteiger charge is 2.30. The zero-order valence-electron chi connectivity index (χ0n) is 20.7. The molecule has 6 nitrogen and oxygen atoms in total. The van der Waals surface area contributed by atoms with Crippen molar-refractivity contribution < 1.29 is 19.0 Å². The zero-order valence-corrected chi connectivity index (χ0v) is 20.7. The molecule has 1 aliphatic carbocycles. The van der Waals surface area contributed by atoms with Crippen molar-refractivity contribution in [3.8, 4) is 17.2 Å². The van der Waals surface area contributed by atoms with E-state index in [0.717, 1.165) is 31.2 Å². The van der Waals surface area contributed by atoms with E-state index in [9.17, 15) is 4.79 Å². The van der Waals surface area contributed by atoms with Gasteiger partial charge in [0.25, 0.3) is 0 Å². The van der Waals surface area contributed by atoms with Crippen LogP contribution in [-0.2, 0) is 6.54 Å². The molecule has 0 radical (unpaired) electrons. The van der Waals surface area contributed by atoms with Crippen molar-refractivity contribution in [2.75, 3.05) is 26.6 Å². The molecule has 35 heavy (non-hydrogen) atoms. The van der Waals surface area contributed by atoms with Gasteiger partial charge < -0.3 is 24.4 Å². The summed E-state index contributed by atoms with van der Waals surface area (Å²) < 4.78 is 16.4. The summed E-state index contributed by atoms with van der Waals surface area (Å²) in [5, 5.41) is 3.07.